The zero-order valence-corrected chi connectivity index (χ0v) is 35.3. The summed E-state index contributed by atoms with van der Waals surface area (Å²) in [5.74, 6) is -11.7. The minimum atomic E-state index is -2.84. The van der Waals surface area contributed by atoms with Crippen LogP contribution in [0.25, 0.3) is 0 Å². The Hall–Kier alpha value is -5.43. The number of carbonyl (C=O) groups excluding carboxylic acids is 8. The van der Waals surface area contributed by atoms with Gasteiger partial charge in [0.15, 0.2) is 30.0 Å². The maximum Gasteiger partial charge on any atom is 0.340 e. The third-order valence-corrected chi connectivity index (χ3v) is 12.1. The Morgan fingerprint density at radius 2 is 1.38 bits per heavy atom. The van der Waals surface area contributed by atoms with Crippen molar-refractivity contribution in [2.45, 2.75) is 136 Å². The number of aromatic nitrogens is 1. The molecule has 13 atom stereocenters. The maximum atomic E-state index is 14.5. The van der Waals surface area contributed by atoms with Crippen molar-refractivity contribution in [1.82, 2.24) is 4.98 Å². The number of cyclic esters (lactones) is 1. The predicted octanol–water partition coefficient (Wildman–Crippen LogP) is 1.98. The van der Waals surface area contributed by atoms with Crippen molar-refractivity contribution in [2.24, 2.45) is 17.3 Å². The number of fused-ring (bicyclic) bond motifs is 5. The number of pyridine rings is 1. The highest BCUT2D eigenvalue weighted by Gasteiger charge is 2.92. The van der Waals surface area contributed by atoms with Crippen molar-refractivity contribution in [3.63, 3.8) is 0 Å². The Morgan fingerprint density at radius 3 is 1.95 bits per heavy atom. The third kappa shape index (κ3) is 7.39. The summed E-state index contributed by atoms with van der Waals surface area (Å²) in [7, 11) is 0. The minimum absolute atomic E-state index is 0.0234. The minimum Gasteiger partial charge on any atom is -0.465 e. The molecule has 1 saturated heterocycles. The van der Waals surface area contributed by atoms with E-state index >= 15 is 0 Å². The zero-order chi connectivity index (χ0) is 44.9. The first-order valence-corrected chi connectivity index (χ1v) is 19.3. The molecule has 0 radical (unpaired) electrons. The first-order valence-electron chi connectivity index (χ1n) is 19.3. The maximum absolute atomic E-state index is 14.5. The fourth-order valence-corrected chi connectivity index (χ4v) is 9.40. The highest BCUT2D eigenvalue weighted by molar-refractivity contribution is 5.91. The van der Waals surface area contributed by atoms with E-state index in [0.717, 1.165) is 41.5 Å². The standard InChI is InChI=1S/C41H51NO18/c1-12-18(2)35(48)59-34-30(55-23(7)45)32-39(11,51)41-31(56-24(8)46)27(29(54-22(6)44)33(57-25(9)47)40(34,41)17-52-21(5)43)38(10,60-41)16-53-37(50)26-14-13-15-42-28(26)19(3)20(4)36(49)58-32/h12-15,19-20,27,29-34,51H,16-17H2,1-11H3/t19-,20-,27+,29+,30-,31+,32-,33+,34-,38-,39-,40+,41-/m0/s1. The quantitative estimate of drug-likeness (QED) is 0.223. The van der Waals surface area contributed by atoms with Crippen molar-refractivity contribution in [2.75, 3.05) is 13.2 Å². The van der Waals surface area contributed by atoms with Gasteiger partial charge in [0.25, 0.3) is 0 Å². The molecule has 1 N–H and O–H groups in total. The van der Waals surface area contributed by atoms with Crippen molar-refractivity contribution in [1.29, 1.82) is 0 Å². The smallest absolute Gasteiger partial charge is 0.340 e. The number of allylic oxidation sites excluding steroid dienone is 1. The molecule has 0 amide bonds. The fourth-order valence-electron chi connectivity index (χ4n) is 9.40. The molecule has 1 aromatic heterocycles. The average Bonchev–Trinajstić information content (AvgIpc) is 3.38. The number of nitrogens with zero attached hydrogens (tertiary/aromatic N) is 1. The molecular formula is C41H51NO18. The molecule has 4 bridgehead atoms. The van der Waals surface area contributed by atoms with Crippen molar-refractivity contribution in [3.8, 4) is 0 Å². The van der Waals surface area contributed by atoms with Gasteiger partial charge in [-0.15, -0.1) is 0 Å². The monoisotopic (exact) mass is 845 g/mol. The molecular weight excluding hydrogens is 794 g/mol. The summed E-state index contributed by atoms with van der Waals surface area (Å²) in [6, 6.07) is 2.90. The van der Waals surface area contributed by atoms with Crippen LogP contribution >= 0.6 is 0 Å². The number of hydrogen-bond acceptors (Lipinski definition) is 19. The van der Waals surface area contributed by atoms with Gasteiger partial charge in [0.05, 0.1) is 23.1 Å². The lowest BCUT2D eigenvalue weighted by Gasteiger charge is -2.67. The van der Waals surface area contributed by atoms with Gasteiger partial charge in [-0.3, -0.25) is 33.8 Å². The predicted molar refractivity (Wildman–Crippen MR) is 199 cm³/mol. The van der Waals surface area contributed by atoms with Gasteiger partial charge in [-0.25, -0.2) is 9.59 Å². The molecule has 60 heavy (non-hydrogen) atoms. The van der Waals surface area contributed by atoms with Gasteiger partial charge in [0.2, 0.25) is 0 Å². The van der Waals surface area contributed by atoms with Crippen LogP contribution in [0.1, 0.15) is 98.1 Å². The van der Waals surface area contributed by atoms with Crippen molar-refractivity contribution < 1.29 is 86.1 Å². The summed E-state index contributed by atoms with van der Waals surface area (Å²) in [4.78, 5) is 113. The normalized spacial score (nSPS) is 37.2. The topological polar surface area (TPSA) is 253 Å². The molecule has 2 aliphatic carbocycles. The van der Waals surface area contributed by atoms with Crippen LogP contribution in [0.3, 0.4) is 0 Å². The Bertz CT molecular complexity index is 1990. The van der Waals surface area contributed by atoms with Gasteiger partial charge in [0, 0.05) is 52.3 Å². The lowest BCUT2D eigenvalue weighted by molar-refractivity contribution is -0.386. The van der Waals surface area contributed by atoms with Crippen LogP contribution < -0.4 is 0 Å². The lowest BCUT2D eigenvalue weighted by atomic mass is 9.45. The summed E-state index contributed by atoms with van der Waals surface area (Å²) >= 11 is 0. The van der Waals surface area contributed by atoms with Gasteiger partial charge in [0.1, 0.15) is 42.0 Å². The molecule has 1 spiro atoms. The number of aliphatic hydroxyl groups is 1. The van der Waals surface area contributed by atoms with Crippen LogP contribution in [0.2, 0.25) is 0 Å². The molecule has 19 heteroatoms. The number of carbonyl (C=O) groups is 8. The van der Waals surface area contributed by atoms with Crippen molar-refractivity contribution >= 4 is 47.8 Å². The molecule has 2 saturated carbocycles. The van der Waals surface area contributed by atoms with Gasteiger partial charge < -0.3 is 47.7 Å². The van der Waals surface area contributed by atoms with E-state index in [0.29, 0.717) is 0 Å². The van der Waals surface area contributed by atoms with Gasteiger partial charge in [-0.1, -0.05) is 19.9 Å². The number of esters is 8. The SMILES string of the molecule is CC=C(C)C(=O)O[C@H]1[C@@H](OC(C)=O)[C@@H]2OC(=O)[C@@H](C)[C@H](C)c3ncccc3C(=O)OC[C@]3(C)O[C@@]4([C@H](OC(C)=O)[C@H]3[C@@H](OC(C)=O)[C@@H](OC(C)=O)[C@]14COC(C)=O)[C@@]2(C)O. The van der Waals surface area contributed by atoms with Crippen LogP contribution in [0.15, 0.2) is 30.0 Å². The van der Waals surface area contributed by atoms with E-state index in [4.69, 9.17) is 42.6 Å². The van der Waals surface area contributed by atoms with Crippen molar-refractivity contribution in [3.05, 3.63) is 41.2 Å². The Balaban J connectivity index is 2.04. The van der Waals surface area contributed by atoms with E-state index in [-0.39, 0.29) is 16.8 Å². The van der Waals surface area contributed by atoms with Gasteiger partial charge in [-0.2, -0.15) is 0 Å². The van der Waals surface area contributed by atoms with Crippen LogP contribution in [-0.4, -0.2) is 124 Å². The summed E-state index contributed by atoms with van der Waals surface area (Å²) in [6.07, 6.45) is -9.34. The van der Waals surface area contributed by atoms with Crippen LogP contribution in [0.4, 0.5) is 0 Å². The summed E-state index contributed by atoms with van der Waals surface area (Å²) in [5.41, 5.74) is -10.3. The van der Waals surface area contributed by atoms with Crippen LogP contribution in [0.5, 0.6) is 0 Å². The second-order valence-electron chi connectivity index (χ2n) is 16.1. The summed E-state index contributed by atoms with van der Waals surface area (Å²) in [5, 5.41) is 13.5. The molecule has 0 unspecified atom stereocenters. The Morgan fingerprint density at radius 1 is 0.817 bits per heavy atom. The van der Waals surface area contributed by atoms with Gasteiger partial charge in [-0.05, 0) is 39.8 Å². The molecule has 328 valence electrons. The van der Waals surface area contributed by atoms with E-state index in [1.54, 1.807) is 6.92 Å². The molecule has 0 aromatic carbocycles. The zero-order valence-electron chi connectivity index (χ0n) is 35.3. The Kier molecular flexibility index (Phi) is 12.6. The number of hydrogen-bond donors (Lipinski definition) is 1. The molecule has 1 aromatic rings. The lowest BCUT2D eigenvalue weighted by Crippen LogP contribution is -2.89. The largest absolute Gasteiger partial charge is 0.465 e. The van der Waals surface area contributed by atoms with E-state index in [1.807, 2.05) is 0 Å². The van der Waals surface area contributed by atoms with E-state index in [1.165, 1.54) is 52.1 Å². The molecule has 4 aliphatic rings. The summed E-state index contributed by atoms with van der Waals surface area (Å²) in [6.45, 7) is 11.6. The first-order chi connectivity index (χ1) is 27.9. The highest BCUT2D eigenvalue weighted by Crippen LogP contribution is 2.70. The van der Waals surface area contributed by atoms with Crippen LogP contribution in [0, 0.1) is 17.3 Å². The average molecular weight is 846 g/mol. The highest BCUT2D eigenvalue weighted by atomic mass is 16.7. The molecule has 5 rings (SSSR count). The molecule has 3 heterocycles. The molecule has 3 fully saturated rings. The van der Waals surface area contributed by atoms with E-state index < -0.39 is 138 Å². The number of ether oxygens (including phenoxy) is 9. The summed E-state index contributed by atoms with van der Waals surface area (Å²) < 4.78 is 55.1. The first kappa shape index (κ1) is 45.7. The third-order valence-electron chi connectivity index (χ3n) is 12.1. The van der Waals surface area contributed by atoms with Gasteiger partial charge >= 0.3 is 47.8 Å². The second-order valence-corrected chi connectivity index (χ2v) is 16.1. The van der Waals surface area contributed by atoms with E-state index in [2.05, 4.69) is 4.98 Å². The second kappa shape index (κ2) is 16.6. The molecule has 19 nitrogen and oxygen atoms in total. The fraction of sp³-hybridized carbons (Fsp3) is 0.634. The Labute approximate surface area is 345 Å². The number of rotatable bonds is 8. The van der Waals surface area contributed by atoms with Crippen LogP contribution in [-0.2, 0) is 76.2 Å². The molecule has 2 aliphatic heterocycles. The van der Waals surface area contributed by atoms with E-state index in [9.17, 15) is 43.5 Å².